The maximum absolute atomic E-state index is 5.08. The summed E-state index contributed by atoms with van der Waals surface area (Å²) in [7, 11) is 5.95. The molecule has 0 amide bonds. The van der Waals surface area contributed by atoms with E-state index >= 15 is 0 Å². The average Bonchev–Trinajstić information content (AvgIpc) is 2.48. The first-order valence-electron chi connectivity index (χ1n) is 7.16. The summed E-state index contributed by atoms with van der Waals surface area (Å²) in [5, 5.41) is 0. The molecule has 6 nitrogen and oxygen atoms in total. The van der Waals surface area contributed by atoms with Crippen molar-refractivity contribution < 1.29 is 4.74 Å². The third-order valence-corrected chi connectivity index (χ3v) is 3.70. The molecule has 0 aromatic carbocycles. The summed E-state index contributed by atoms with van der Waals surface area (Å²) in [5.41, 5.74) is 0. The van der Waals surface area contributed by atoms with E-state index in [0.29, 0.717) is 0 Å². The Bertz CT molecular complexity index is 406. The second-order valence-electron chi connectivity index (χ2n) is 5.29. The molecule has 0 spiro atoms. The molecule has 2 heterocycles. The minimum Gasteiger partial charge on any atom is -0.385 e. The molecule has 0 N–H and O–H groups in total. The lowest BCUT2D eigenvalue weighted by Gasteiger charge is -2.33. The zero-order valence-corrected chi connectivity index (χ0v) is 12.7. The number of ether oxygens (including phenoxy) is 1. The van der Waals surface area contributed by atoms with Crippen LogP contribution in [0.2, 0.25) is 0 Å². The van der Waals surface area contributed by atoms with Crippen molar-refractivity contribution in [3.63, 3.8) is 0 Å². The van der Waals surface area contributed by atoms with E-state index in [2.05, 4.69) is 44.8 Å². The third-order valence-electron chi connectivity index (χ3n) is 3.70. The van der Waals surface area contributed by atoms with Crippen molar-refractivity contribution in [2.75, 3.05) is 70.3 Å². The summed E-state index contributed by atoms with van der Waals surface area (Å²) in [6.45, 7) is 5.94. The van der Waals surface area contributed by atoms with E-state index in [1.165, 1.54) is 0 Å². The monoisotopic (exact) mass is 279 g/mol. The van der Waals surface area contributed by atoms with Crippen LogP contribution in [0, 0.1) is 0 Å². The molecule has 6 heteroatoms. The van der Waals surface area contributed by atoms with Gasteiger partial charge in [-0.05, 0) is 13.5 Å². The van der Waals surface area contributed by atoms with Gasteiger partial charge in [-0.3, -0.25) is 0 Å². The molecule has 20 heavy (non-hydrogen) atoms. The van der Waals surface area contributed by atoms with Gasteiger partial charge in [-0.25, -0.2) is 9.97 Å². The van der Waals surface area contributed by atoms with E-state index in [0.717, 1.165) is 57.4 Å². The Hall–Kier alpha value is -1.40. The minimum absolute atomic E-state index is 0.779. The van der Waals surface area contributed by atoms with Crippen molar-refractivity contribution in [2.24, 2.45) is 0 Å². The Morgan fingerprint density at radius 1 is 1.25 bits per heavy atom. The van der Waals surface area contributed by atoms with Crippen LogP contribution in [0.3, 0.4) is 0 Å². The first-order chi connectivity index (χ1) is 9.70. The predicted molar refractivity (Wildman–Crippen MR) is 81.5 cm³/mol. The van der Waals surface area contributed by atoms with Gasteiger partial charge >= 0.3 is 0 Å². The van der Waals surface area contributed by atoms with Gasteiger partial charge < -0.3 is 19.4 Å². The van der Waals surface area contributed by atoms with Crippen molar-refractivity contribution in [1.82, 2.24) is 14.9 Å². The molecule has 1 fully saturated rings. The van der Waals surface area contributed by atoms with Gasteiger partial charge in [0.25, 0.3) is 0 Å². The van der Waals surface area contributed by atoms with Crippen LogP contribution in [0.5, 0.6) is 0 Å². The molecule has 1 aliphatic heterocycles. The van der Waals surface area contributed by atoms with E-state index in [4.69, 9.17) is 4.74 Å². The van der Waals surface area contributed by atoms with Gasteiger partial charge in [-0.15, -0.1) is 0 Å². The fraction of sp³-hybridized carbons (Fsp3) is 0.714. The lowest BCUT2D eigenvalue weighted by molar-refractivity contribution is 0.196. The highest BCUT2D eigenvalue weighted by Gasteiger charge is 2.16. The smallest absolute Gasteiger partial charge is 0.134 e. The Labute approximate surface area is 121 Å². The number of aromatic nitrogens is 2. The van der Waals surface area contributed by atoms with Crippen LogP contribution >= 0.6 is 0 Å². The summed E-state index contributed by atoms with van der Waals surface area (Å²) >= 11 is 0. The van der Waals surface area contributed by atoms with Gasteiger partial charge in [0.05, 0.1) is 0 Å². The molecule has 0 bridgehead atoms. The van der Waals surface area contributed by atoms with E-state index in [1.54, 1.807) is 13.4 Å². The molecular weight excluding hydrogens is 254 g/mol. The fourth-order valence-electron chi connectivity index (χ4n) is 2.32. The molecule has 0 radical (unpaired) electrons. The SMILES string of the molecule is COCCCN(C)c1cc(N2CCN(C)CC2)ncn1. The molecule has 0 unspecified atom stereocenters. The highest BCUT2D eigenvalue weighted by atomic mass is 16.5. The molecule has 2 rings (SSSR count). The van der Waals surface area contributed by atoms with Gasteiger partial charge in [0.2, 0.25) is 0 Å². The second kappa shape index (κ2) is 7.40. The van der Waals surface area contributed by atoms with Crippen molar-refractivity contribution in [3.05, 3.63) is 12.4 Å². The lowest BCUT2D eigenvalue weighted by atomic mass is 10.3. The number of likely N-dealkylation sites (N-methyl/N-ethyl adjacent to an activating group) is 1. The van der Waals surface area contributed by atoms with Crippen LogP contribution in [0.15, 0.2) is 12.4 Å². The topological polar surface area (TPSA) is 44.7 Å². The number of hydrogen-bond donors (Lipinski definition) is 0. The van der Waals surface area contributed by atoms with Crippen molar-refractivity contribution in [3.8, 4) is 0 Å². The molecule has 0 aliphatic carbocycles. The Kier molecular flexibility index (Phi) is 5.55. The number of anilines is 2. The van der Waals surface area contributed by atoms with E-state index in [1.807, 2.05) is 0 Å². The molecule has 0 atom stereocenters. The van der Waals surface area contributed by atoms with Gasteiger partial charge in [0.15, 0.2) is 0 Å². The summed E-state index contributed by atoms with van der Waals surface area (Å²) < 4.78 is 5.08. The van der Waals surface area contributed by atoms with Crippen LogP contribution in [0.4, 0.5) is 11.6 Å². The Morgan fingerprint density at radius 2 is 2.00 bits per heavy atom. The standard InChI is InChI=1S/C14H25N5O/c1-17-6-8-19(9-7-17)14-11-13(15-12-16-14)18(2)5-4-10-20-3/h11-12H,4-10H2,1-3H3. The van der Waals surface area contributed by atoms with Crippen LogP contribution in [-0.2, 0) is 4.74 Å². The minimum atomic E-state index is 0.779. The Balaban J connectivity index is 1.96. The predicted octanol–water partition coefficient (Wildman–Crippen LogP) is 0.701. The molecule has 112 valence electrons. The van der Waals surface area contributed by atoms with Crippen molar-refractivity contribution in [2.45, 2.75) is 6.42 Å². The van der Waals surface area contributed by atoms with Crippen molar-refractivity contribution in [1.29, 1.82) is 0 Å². The molecule has 1 aliphatic rings. The van der Waals surface area contributed by atoms with Crippen LogP contribution in [0.25, 0.3) is 0 Å². The molecule has 1 aromatic heterocycles. The average molecular weight is 279 g/mol. The maximum Gasteiger partial charge on any atom is 0.134 e. The zero-order valence-electron chi connectivity index (χ0n) is 12.7. The fourth-order valence-corrected chi connectivity index (χ4v) is 2.32. The first-order valence-corrected chi connectivity index (χ1v) is 7.16. The van der Waals surface area contributed by atoms with Crippen molar-refractivity contribution >= 4 is 11.6 Å². The summed E-state index contributed by atoms with van der Waals surface area (Å²) in [5.74, 6) is 2.01. The number of hydrogen-bond acceptors (Lipinski definition) is 6. The Morgan fingerprint density at radius 3 is 2.70 bits per heavy atom. The van der Waals surface area contributed by atoms with E-state index < -0.39 is 0 Å². The molecular formula is C14H25N5O. The molecule has 1 aromatic rings. The maximum atomic E-state index is 5.08. The quantitative estimate of drug-likeness (QED) is 0.714. The number of rotatable bonds is 6. The number of piperazine rings is 1. The summed E-state index contributed by atoms with van der Waals surface area (Å²) in [4.78, 5) is 15.6. The summed E-state index contributed by atoms with van der Waals surface area (Å²) in [6.07, 6.45) is 2.66. The van der Waals surface area contributed by atoms with E-state index in [-0.39, 0.29) is 0 Å². The molecule has 1 saturated heterocycles. The van der Waals surface area contributed by atoms with Gasteiger partial charge in [-0.2, -0.15) is 0 Å². The molecule has 0 saturated carbocycles. The first kappa shape index (κ1) is 15.0. The number of nitrogens with zero attached hydrogens (tertiary/aromatic N) is 5. The van der Waals surface area contributed by atoms with Gasteiger partial charge in [0, 0.05) is 59.6 Å². The van der Waals surface area contributed by atoms with Crippen LogP contribution in [-0.4, -0.2) is 75.4 Å². The van der Waals surface area contributed by atoms with Crippen LogP contribution < -0.4 is 9.80 Å². The van der Waals surface area contributed by atoms with Gasteiger partial charge in [-0.1, -0.05) is 0 Å². The van der Waals surface area contributed by atoms with Crippen LogP contribution in [0.1, 0.15) is 6.42 Å². The third kappa shape index (κ3) is 4.05. The normalized spacial score (nSPS) is 16.4. The zero-order chi connectivity index (χ0) is 14.4. The lowest BCUT2D eigenvalue weighted by Crippen LogP contribution is -2.44. The second-order valence-corrected chi connectivity index (χ2v) is 5.29. The highest BCUT2D eigenvalue weighted by molar-refractivity contribution is 5.49. The van der Waals surface area contributed by atoms with E-state index in [9.17, 15) is 0 Å². The number of methoxy groups -OCH3 is 1. The van der Waals surface area contributed by atoms with Gasteiger partial charge in [0.1, 0.15) is 18.0 Å². The highest BCUT2D eigenvalue weighted by Crippen LogP contribution is 2.18. The summed E-state index contributed by atoms with van der Waals surface area (Å²) in [6, 6.07) is 2.08. The largest absolute Gasteiger partial charge is 0.385 e.